The molecule has 0 atom stereocenters. The first-order chi connectivity index (χ1) is 19.3. The molecule has 4 aromatic rings. The molecule has 0 bridgehead atoms. The Hall–Kier alpha value is -4.33. The average molecular weight is 570 g/mol. The molecule has 202 valence electrons. The quantitative estimate of drug-likeness (QED) is 0.148. The van der Waals surface area contributed by atoms with Gasteiger partial charge in [-0.3, -0.25) is 14.4 Å². The van der Waals surface area contributed by atoms with Gasteiger partial charge in [0.25, 0.3) is 11.8 Å². The fraction of sp³-hybridized carbons (Fsp3) is 0.0938. The van der Waals surface area contributed by atoms with Gasteiger partial charge in [-0.15, -0.1) is 11.8 Å². The lowest BCUT2D eigenvalue weighted by Gasteiger charge is -2.13. The van der Waals surface area contributed by atoms with E-state index in [-0.39, 0.29) is 23.3 Å². The number of aryl methyl sites for hydroxylation is 1. The number of carbonyl (C=O) groups is 3. The van der Waals surface area contributed by atoms with Crippen LogP contribution in [0.1, 0.15) is 27.0 Å². The number of halogens is 1. The highest BCUT2D eigenvalue weighted by Crippen LogP contribution is 2.25. The fourth-order valence-electron chi connectivity index (χ4n) is 3.79. The van der Waals surface area contributed by atoms with Crippen molar-refractivity contribution in [3.8, 4) is 0 Å². The SMILES string of the molecule is Cc1ccccc1/C=C(\NC(=O)c1ccccc1)C(=O)Nc1cccc(SCC(=O)Nc2cccc(Cl)c2C)c1. The van der Waals surface area contributed by atoms with Gasteiger partial charge in [0.2, 0.25) is 5.91 Å². The molecule has 0 aliphatic carbocycles. The normalized spacial score (nSPS) is 11.0. The smallest absolute Gasteiger partial charge is 0.272 e. The average Bonchev–Trinajstić information content (AvgIpc) is 2.96. The molecule has 0 radical (unpaired) electrons. The number of nitrogens with one attached hydrogen (secondary N) is 3. The van der Waals surface area contributed by atoms with Crippen molar-refractivity contribution in [3.63, 3.8) is 0 Å². The number of rotatable bonds is 9. The number of carbonyl (C=O) groups excluding carboxylic acids is 3. The second-order valence-electron chi connectivity index (χ2n) is 8.97. The molecule has 0 saturated carbocycles. The van der Waals surface area contributed by atoms with Gasteiger partial charge in [0.1, 0.15) is 5.70 Å². The number of hydrogen-bond acceptors (Lipinski definition) is 4. The van der Waals surface area contributed by atoms with Crippen LogP contribution in [0.15, 0.2) is 108 Å². The minimum atomic E-state index is -0.469. The van der Waals surface area contributed by atoms with E-state index in [1.165, 1.54) is 11.8 Å². The lowest BCUT2D eigenvalue weighted by atomic mass is 10.1. The van der Waals surface area contributed by atoms with Crippen LogP contribution >= 0.6 is 23.4 Å². The predicted molar refractivity (Wildman–Crippen MR) is 164 cm³/mol. The number of amides is 3. The maximum absolute atomic E-state index is 13.4. The van der Waals surface area contributed by atoms with Crippen molar-refractivity contribution >= 4 is 58.5 Å². The molecule has 8 heteroatoms. The van der Waals surface area contributed by atoms with Gasteiger partial charge >= 0.3 is 0 Å². The standard InChI is InChI=1S/C32H28ClN3O3S/c1-21-10-6-7-13-24(21)18-29(36-31(38)23-11-4-3-5-12-23)32(39)34-25-14-8-15-26(19-25)40-20-30(37)35-28-17-9-16-27(33)22(28)2/h3-19H,20H2,1-2H3,(H,34,39)(H,35,37)(H,36,38)/b29-18-. The van der Waals surface area contributed by atoms with Crippen LogP contribution in [0, 0.1) is 13.8 Å². The second-order valence-corrected chi connectivity index (χ2v) is 10.4. The van der Waals surface area contributed by atoms with Crippen molar-refractivity contribution in [2.24, 2.45) is 0 Å². The maximum Gasteiger partial charge on any atom is 0.272 e. The summed E-state index contributed by atoms with van der Waals surface area (Å²) < 4.78 is 0. The monoisotopic (exact) mass is 569 g/mol. The molecule has 40 heavy (non-hydrogen) atoms. The van der Waals surface area contributed by atoms with Gasteiger partial charge in [0.15, 0.2) is 0 Å². The van der Waals surface area contributed by atoms with Crippen LogP contribution in [0.2, 0.25) is 5.02 Å². The van der Waals surface area contributed by atoms with Crippen molar-refractivity contribution in [3.05, 3.63) is 130 Å². The highest BCUT2D eigenvalue weighted by atomic mass is 35.5. The van der Waals surface area contributed by atoms with Crippen LogP contribution in [-0.4, -0.2) is 23.5 Å². The molecule has 0 fully saturated rings. The highest BCUT2D eigenvalue weighted by molar-refractivity contribution is 8.00. The molecular weight excluding hydrogens is 542 g/mol. The van der Waals surface area contributed by atoms with Crippen LogP contribution in [-0.2, 0) is 9.59 Å². The molecule has 0 aromatic heterocycles. The molecule has 0 saturated heterocycles. The van der Waals surface area contributed by atoms with E-state index in [2.05, 4.69) is 16.0 Å². The summed E-state index contributed by atoms with van der Waals surface area (Å²) in [4.78, 5) is 39.6. The zero-order valence-corrected chi connectivity index (χ0v) is 23.6. The summed E-state index contributed by atoms with van der Waals surface area (Å²) in [6.45, 7) is 3.78. The summed E-state index contributed by atoms with van der Waals surface area (Å²) >= 11 is 7.48. The Morgan fingerprint density at radius 1 is 0.825 bits per heavy atom. The van der Waals surface area contributed by atoms with Gasteiger partial charge in [-0.1, -0.05) is 66.2 Å². The zero-order chi connectivity index (χ0) is 28.5. The number of thioether (sulfide) groups is 1. The van der Waals surface area contributed by atoms with Crippen molar-refractivity contribution in [1.29, 1.82) is 0 Å². The summed E-state index contributed by atoms with van der Waals surface area (Å²) in [6.07, 6.45) is 1.66. The van der Waals surface area contributed by atoms with Gasteiger partial charge in [-0.05, 0) is 79.1 Å². The van der Waals surface area contributed by atoms with Gasteiger partial charge in [-0.2, -0.15) is 0 Å². The second kappa shape index (κ2) is 13.6. The number of hydrogen-bond donors (Lipinski definition) is 3. The van der Waals surface area contributed by atoms with Crippen molar-refractivity contribution in [1.82, 2.24) is 5.32 Å². The van der Waals surface area contributed by atoms with Crippen LogP contribution in [0.25, 0.3) is 6.08 Å². The van der Waals surface area contributed by atoms with E-state index in [1.807, 2.05) is 50.2 Å². The Morgan fingerprint density at radius 3 is 2.33 bits per heavy atom. The van der Waals surface area contributed by atoms with Gasteiger partial charge in [0.05, 0.1) is 5.75 Å². The number of anilines is 2. The minimum absolute atomic E-state index is 0.109. The van der Waals surface area contributed by atoms with Crippen molar-refractivity contribution in [2.45, 2.75) is 18.7 Å². The molecule has 3 N–H and O–H groups in total. The molecule has 0 aliphatic heterocycles. The first-order valence-corrected chi connectivity index (χ1v) is 13.9. The van der Waals surface area contributed by atoms with E-state index in [4.69, 9.17) is 11.6 Å². The largest absolute Gasteiger partial charge is 0.325 e. The fourth-order valence-corrected chi connectivity index (χ4v) is 4.72. The summed E-state index contributed by atoms with van der Waals surface area (Å²) in [7, 11) is 0. The molecule has 0 aliphatic rings. The summed E-state index contributed by atoms with van der Waals surface area (Å²) in [5.74, 6) is -0.851. The zero-order valence-electron chi connectivity index (χ0n) is 22.0. The Balaban J connectivity index is 1.46. The summed E-state index contributed by atoms with van der Waals surface area (Å²) in [5.41, 5.74) is 4.34. The Morgan fingerprint density at radius 2 is 1.55 bits per heavy atom. The van der Waals surface area contributed by atoms with E-state index >= 15 is 0 Å². The summed E-state index contributed by atoms with van der Waals surface area (Å²) in [5, 5.41) is 9.10. The van der Waals surface area contributed by atoms with Crippen molar-refractivity contribution < 1.29 is 14.4 Å². The van der Waals surface area contributed by atoms with Crippen LogP contribution in [0.5, 0.6) is 0 Å². The lowest BCUT2D eigenvalue weighted by Crippen LogP contribution is -2.30. The topological polar surface area (TPSA) is 87.3 Å². The molecule has 0 unspecified atom stereocenters. The lowest BCUT2D eigenvalue weighted by molar-refractivity contribution is -0.114. The molecular formula is C32H28ClN3O3S. The van der Waals surface area contributed by atoms with Crippen LogP contribution in [0.3, 0.4) is 0 Å². The van der Waals surface area contributed by atoms with E-state index in [9.17, 15) is 14.4 Å². The Bertz CT molecular complexity index is 1570. The molecule has 4 rings (SSSR count). The van der Waals surface area contributed by atoms with Gasteiger partial charge in [0, 0.05) is 26.9 Å². The molecule has 3 amide bonds. The minimum Gasteiger partial charge on any atom is -0.325 e. The van der Waals surface area contributed by atoms with E-state index < -0.39 is 5.91 Å². The molecule has 6 nitrogen and oxygen atoms in total. The Labute approximate surface area is 242 Å². The van der Waals surface area contributed by atoms with Gasteiger partial charge < -0.3 is 16.0 Å². The van der Waals surface area contributed by atoms with Crippen molar-refractivity contribution in [2.75, 3.05) is 16.4 Å². The third kappa shape index (κ3) is 7.85. The maximum atomic E-state index is 13.4. The predicted octanol–water partition coefficient (Wildman–Crippen LogP) is 7.10. The number of benzene rings is 4. The van der Waals surface area contributed by atoms with Gasteiger partial charge in [-0.25, -0.2) is 0 Å². The van der Waals surface area contributed by atoms with E-state index in [0.717, 1.165) is 21.6 Å². The molecule has 0 heterocycles. The van der Waals surface area contributed by atoms with Crippen LogP contribution in [0.4, 0.5) is 11.4 Å². The first-order valence-electron chi connectivity index (χ1n) is 12.5. The van der Waals surface area contributed by atoms with E-state index in [1.54, 1.807) is 66.7 Å². The van der Waals surface area contributed by atoms with Crippen LogP contribution < -0.4 is 16.0 Å². The molecule has 0 spiro atoms. The van der Waals surface area contributed by atoms with E-state index in [0.29, 0.717) is 22.0 Å². The third-order valence-corrected chi connectivity index (χ3v) is 7.42. The molecule has 4 aromatic carbocycles. The third-order valence-electron chi connectivity index (χ3n) is 6.02. The first kappa shape index (κ1) is 28.7. The highest BCUT2D eigenvalue weighted by Gasteiger charge is 2.16. The summed E-state index contributed by atoms with van der Waals surface area (Å²) in [6, 6.07) is 28.9. The Kier molecular flexibility index (Phi) is 9.78.